The number of rotatable bonds is 5. The van der Waals surface area contributed by atoms with Gasteiger partial charge < -0.3 is 10.1 Å². The van der Waals surface area contributed by atoms with Gasteiger partial charge in [-0.15, -0.1) is 0 Å². The number of alkyl halides is 1. The molecule has 26 heavy (non-hydrogen) atoms. The molecule has 0 bridgehead atoms. The molecule has 0 spiro atoms. The summed E-state index contributed by atoms with van der Waals surface area (Å²) in [6.07, 6.45) is -2.52. The molecule has 0 radical (unpaired) electrons. The topological polar surface area (TPSA) is 75.7 Å². The Labute approximate surface area is 149 Å². The van der Waals surface area contributed by atoms with Gasteiger partial charge in [0.05, 0.1) is 6.61 Å². The summed E-state index contributed by atoms with van der Waals surface area (Å²) in [5, 5.41) is 2.57. The smallest absolute Gasteiger partial charge is 0.362 e. The van der Waals surface area contributed by atoms with Gasteiger partial charge in [-0.3, -0.25) is 4.79 Å². The molecule has 3 amide bonds. The fourth-order valence-corrected chi connectivity index (χ4v) is 3.00. The van der Waals surface area contributed by atoms with Crippen molar-refractivity contribution < 1.29 is 23.5 Å². The number of ether oxygens (including phenoxy) is 1. The van der Waals surface area contributed by atoms with Gasteiger partial charge in [-0.25, -0.2) is 18.9 Å². The lowest BCUT2D eigenvalue weighted by Gasteiger charge is -2.28. The second kappa shape index (κ2) is 6.95. The van der Waals surface area contributed by atoms with E-state index in [2.05, 4.69) is 10.1 Å². The first kappa shape index (κ1) is 17.6. The van der Waals surface area contributed by atoms with Crippen molar-refractivity contribution in [2.24, 2.45) is 0 Å². The van der Waals surface area contributed by atoms with Gasteiger partial charge in [0, 0.05) is 0 Å². The Balaban J connectivity index is 2.11. The lowest BCUT2D eigenvalue weighted by atomic mass is 9.82. The number of hydrogen-bond donors (Lipinski definition) is 1. The molecule has 6 nitrogen and oxygen atoms in total. The van der Waals surface area contributed by atoms with Gasteiger partial charge in [0.25, 0.3) is 12.2 Å². The minimum absolute atomic E-state index is 0.0641. The third kappa shape index (κ3) is 2.71. The van der Waals surface area contributed by atoms with Gasteiger partial charge in [0.15, 0.2) is 5.54 Å². The molecule has 1 heterocycles. The van der Waals surface area contributed by atoms with Crippen LogP contribution in [-0.4, -0.2) is 35.7 Å². The molecular formula is C19H17FN2O4. The van der Waals surface area contributed by atoms with Crippen LogP contribution < -0.4 is 5.32 Å². The summed E-state index contributed by atoms with van der Waals surface area (Å²) in [4.78, 5) is 37.6. The second-order valence-corrected chi connectivity index (χ2v) is 5.68. The molecule has 1 aliphatic heterocycles. The molecule has 1 unspecified atom stereocenters. The van der Waals surface area contributed by atoms with Gasteiger partial charge in [-0.2, -0.15) is 0 Å². The average Bonchev–Trinajstić information content (AvgIpc) is 2.94. The highest BCUT2D eigenvalue weighted by Gasteiger charge is 2.57. The highest BCUT2D eigenvalue weighted by Crippen LogP contribution is 2.37. The van der Waals surface area contributed by atoms with Gasteiger partial charge in [0.2, 0.25) is 0 Å². The molecule has 1 atom stereocenters. The van der Waals surface area contributed by atoms with Crippen molar-refractivity contribution in [3.05, 3.63) is 71.8 Å². The standard InChI is InChI=1S/C19H17FN2O4/c1-2-26-16(23)15(20)22-17(24)19(21-18(22)25,13-9-5-3-6-10-13)14-11-7-4-8-12-14/h3-12,15H,2H2,1H3,(H,21,25). The van der Waals surface area contributed by atoms with Crippen LogP contribution in [0.25, 0.3) is 0 Å². The molecule has 2 aromatic rings. The van der Waals surface area contributed by atoms with E-state index in [0.717, 1.165) is 0 Å². The molecule has 134 valence electrons. The minimum Gasteiger partial charge on any atom is -0.462 e. The molecule has 1 fully saturated rings. The molecule has 1 aliphatic rings. The van der Waals surface area contributed by atoms with Crippen molar-refractivity contribution in [1.82, 2.24) is 10.2 Å². The van der Waals surface area contributed by atoms with E-state index in [1.54, 1.807) is 60.7 Å². The third-order valence-electron chi connectivity index (χ3n) is 4.17. The normalized spacial score (nSPS) is 16.9. The average molecular weight is 356 g/mol. The maximum Gasteiger partial charge on any atom is 0.362 e. The van der Waals surface area contributed by atoms with Crippen molar-refractivity contribution in [2.45, 2.75) is 18.8 Å². The van der Waals surface area contributed by atoms with E-state index in [0.29, 0.717) is 11.1 Å². The van der Waals surface area contributed by atoms with Gasteiger partial charge in [-0.1, -0.05) is 60.7 Å². The molecule has 1 N–H and O–H groups in total. The van der Waals surface area contributed by atoms with Crippen LogP contribution in [0.1, 0.15) is 18.1 Å². The predicted molar refractivity (Wildman–Crippen MR) is 90.6 cm³/mol. The molecule has 1 saturated heterocycles. The molecule has 3 rings (SSSR count). The Morgan fingerprint density at radius 2 is 1.58 bits per heavy atom. The van der Waals surface area contributed by atoms with Crippen LogP contribution >= 0.6 is 0 Å². The Bertz CT molecular complexity index is 786. The number of carbonyl (C=O) groups excluding carboxylic acids is 3. The van der Waals surface area contributed by atoms with Crippen molar-refractivity contribution in [3.8, 4) is 0 Å². The quantitative estimate of drug-likeness (QED) is 0.507. The second-order valence-electron chi connectivity index (χ2n) is 5.68. The Kier molecular flexibility index (Phi) is 4.71. The maximum atomic E-state index is 14.5. The Morgan fingerprint density at radius 3 is 2.04 bits per heavy atom. The number of hydrogen-bond acceptors (Lipinski definition) is 4. The van der Waals surface area contributed by atoms with Crippen LogP contribution in [0.15, 0.2) is 60.7 Å². The fourth-order valence-electron chi connectivity index (χ4n) is 3.00. The molecular weight excluding hydrogens is 339 g/mol. The summed E-state index contributed by atoms with van der Waals surface area (Å²) >= 11 is 0. The van der Waals surface area contributed by atoms with Crippen molar-refractivity contribution in [2.75, 3.05) is 6.61 Å². The number of halogens is 1. The lowest BCUT2D eigenvalue weighted by Crippen LogP contribution is -2.47. The largest absolute Gasteiger partial charge is 0.462 e. The first-order chi connectivity index (χ1) is 12.5. The number of benzene rings is 2. The van der Waals surface area contributed by atoms with Crippen molar-refractivity contribution in [3.63, 3.8) is 0 Å². The summed E-state index contributed by atoms with van der Waals surface area (Å²) < 4.78 is 19.1. The molecule has 0 aliphatic carbocycles. The van der Waals surface area contributed by atoms with Gasteiger partial charge in [0.1, 0.15) is 0 Å². The Hall–Kier alpha value is -3.22. The fraction of sp³-hybridized carbons (Fsp3) is 0.211. The van der Waals surface area contributed by atoms with E-state index in [-0.39, 0.29) is 11.5 Å². The highest BCUT2D eigenvalue weighted by atomic mass is 19.1. The van der Waals surface area contributed by atoms with Gasteiger partial charge in [-0.05, 0) is 18.1 Å². The molecule has 0 aromatic heterocycles. The van der Waals surface area contributed by atoms with E-state index < -0.39 is 29.7 Å². The summed E-state index contributed by atoms with van der Waals surface area (Å²) in [6, 6.07) is 16.0. The lowest BCUT2D eigenvalue weighted by molar-refractivity contribution is -0.159. The van der Waals surface area contributed by atoms with Crippen LogP contribution in [0, 0.1) is 0 Å². The van der Waals surface area contributed by atoms with E-state index in [4.69, 9.17) is 0 Å². The first-order valence-electron chi connectivity index (χ1n) is 8.10. The monoisotopic (exact) mass is 356 g/mol. The van der Waals surface area contributed by atoms with Crippen LogP contribution in [0.4, 0.5) is 9.18 Å². The number of nitrogens with one attached hydrogen (secondary N) is 1. The number of urea groups is 1. The van der Waals surface area contributed by atoms with E-state index in [1.165, 1.54) is 6.92 Å². The molecule has 7 heteroatoms. The summed E-state index contributed by atoms with van der Waals surface area (Å²) in [7, 11) is 0. The highest BCUT2D eigenvalue weighted by molar-refractivity contribution is 6.11. The zero-order valence-electron chi connectivity index (χ0n) is 14.0. The van der Waals surface area contributed by atoms with Gasteiger partial charge >= 0.3 is 12.0 Å². The minimum atomic E-state index is -2.52. The molecule has 2 aromatic carbocycles. The summed E-state index contributed by atoms with van der Waals surface area (Å²) in [5.41, 5.74) is -0.692. The SMILES string of the molecule is CCOC(=O)C(F)N1C(=O)NC(c2ccccc2)(c2ccccc2)C1=O. The first-order valence-corrected chi connectivity index (χ1v) is 8.10. The maximum absolute atomic E-state index is 14.5. The van der Waals surface area contributed by atoms with Crippen LogP contribution in [-0.2, 0) is 19.9 Å². The van der Waals surface area contributed by atoms with E-state index in [1.807, 2.05) is 0 Å². The zero-order chi connectivity index (χ0) is 18.7. The number of nitrogens with zero attached hydrogens (tertiary/aromatic N) is 1. The van der Waals surface area contributed by atoms with Crippen LogP contribution in [0.5, 0.6) is 0 Å². The predicted octanol–water partition coefficient (Wildman–Crippen LogP) is 2.34. The number of imide groups is 1. The zero-order valence-corrected chi connectivity index (χ0v) is 14.0. The van der Waals surface area contributed by atoms with Crippen LogP contribution in [0.2, 0.25) is 0 Å². The number of esters is 1. The van der Waals surface area contributed by atoms with E-state index >= 15 is 0 Å². The molecule has 0 saturated carbocycles. The number of amides is 3. The van der Waals surface area contributed by atoms with Crippen LogP contribution in [0.3, 0.4) is 0 Å². The summed E-state index contributed by atoms with van der Waals surface area (Å²) in [6.45, 7) is 1.44. The van der Waals surface area contributed by atoms with Crippen molar-refractivity contribution in [1.29, 1.82) is 0 Å². The van der Waals surface area contributed by atoms with E-state index in [9.17, 15) is 18.8 Å². The summed E-state index contributed by atoms with van der Waals surface area (Å²) in [5.74, 6) is -2.16. The van der Waals surface area contributed by atoms with Crippen molar-refractivity contribution >= 4 is 17.9 Å². The Morgan fingerprint density at radius 1 is 1.08 bits per heavy atom. The third-order valence-corrected chi connectivity index (χ3v) is 4.17. The number of carbonyl (C=O) groups is 3.